The zero-order valence-corrected chi connectivity index (χ0v) is 13.6. The van der Waals surface area contributed by atoms with Gasteiger partial charge in [-0.2, -0.15) is 0 Å². The molecule has 3 unspecified atom stereocenters. The zero-order chi connectivity index (χ0) is 15.8. The van der Waals surface area contributed by atoms with E-state index in [1.165, 1.54) is 0 Å². The summed E-state index contributed by atoms with van der Waals surface area (Å²) >= 11 is 0. The molecule has 2 heterocycles. The molecule has 1 aliphatic rings. The fourth-order valence-corrected chi connectivity index (χ4v) is 3.13. The van der Waals surface area contributed by atoms with E-state index in [0.29, 0.717) is 12.6 Å². The molecule has 118 valence electrons. The molecule has 7 heteroatoms. The first-order valence-electron chi connectivity index (χ1n) is 7.54. The van der Waals surface area contributed by atoms with Crippen molar-refractivity contribution >= 4 is 5.91 Å². The minimum atomic E-state index is -0.213. The van der Waals surface area contributed by atoms with Crippen molar-refractivity contribution in [2.45, 2.75) is 71.6 Å². The summed E-state index contributed by atoms with van der Waals surface area (Å²) in [5.74, 6) is 0.515. The number of likely N-dealkylation sites (tertiary alicyclic amines) is 1. The van der Waals surface area contributed by atoms with Crippen molar-refractivity contribution in [1.82, 2.24) is 25.1 Å². The molecule has 1 aromatic rings. The molecular weight excluding hydrogens is 268 g/mol. The molecule has 0 spiro atoms. The van der Waals surface area contributed by atoms with E-state index in [4.69, 9.17) is 5.73 Å². The van der Waals surface area contributed by atoms with Gasteiger partial charge in [0, 0.05) is 12.1 Å². The maximum absolute atomic E-state index is 11.6. The lowest BCUT2D eigenvalue weighted by atomic mass is 9.86. The quantitative estimate of drug-likeness (QED) is 0.894. The first-order valence-corrected chi connectivity index (χ1v) is 7.54. The monoisotopic (exact) mass is 294 g/mol. The number of primary amides is 1. The highest BCUT2D eigenvalue weighted by molar-refractivity contribution is 5.77. The van der Waals surface area contributed by atoms with Crippen molar-refractivity contribution in [3.8, 4) is 0 Å². The minimum Gasteiger partial charge on any atom is -0.369 e. The maximum atomic E-state index is 11.6. The van der Waals surface area contributed by atoms with Crippen LogP contribution in [0.1, 0.15) is 53.3 Å². The number of carbonyl (C=O) groups is 1. The summed E-state index contributed by atoms with van der Waals surface area (Å²) in [4.78, 5) is 13.9. The molecule has 1 aromatic heterocycles. The van der Waals surface area contributed by atoms with E-state index in [1.54, 1.807) is 0 Å². The normalized spacial score (nSPS) is 27.8. The van der Waals surface area contributed by atoms with Crippen LogP contribution < -0.4 is 5.73 Å². The zero-order valence-electron chi connectivity index (χ0n) is 13.6. The van der Waals surface area contributed by atoms with Gasteiger partial charge < -0.3 is 5.73 Å². The van der Waals surface area contributed by atoms with E-state index in [1.807, 2.05) is 4.68 Å². The lowest BCUT2D eigenvalue weighted by Crippen LogP contribution is -2.52. The van der Waals surface area contributed by atoms with Crippen LogP contribution in [0, 0.1) is 5.92 Å². The molecule has 3 atom stereocenters. The Labute approximate surface area is 125 Å². The molecule has 2 N–H and O–H groups in total. The fraction of sp³-hybridized carbons (Fsp3) is 0.857. The van der Waals surface area contributed by atoms with Gasteiger partial charge in [0.1, 0.15) is 0 Å². The Morgan fingerprint density at radius 2 is 2.00 bits per heavy atom. The van der Waals surface area contributed by atoms with Gasteiger partial charge >= 0.3 is 0 Å². The van der Waals surface area contributed by atoms with Crippen LogP contribution in [0.3, 0.4) is 0 Å². The van der Waals surface area contributed by atoms with Crippen LogP contribution in [0.4, 0.5) is 0 Å². The Bertz CT molecular complexity index is 506. The van der Waals surface area contributed by atoms with Gasteiger partial charge in [0.15, 0.2) is 5.82 Å². The van der Waals surface area contributed by atoms with Crippen LogP contribution in [0.2, 0.25) is 0 Å². The SMILES string of the molecule is CC1CCC(C(N)=O)C(C)N1Cc1nnnn1C(C)(C)C. The smallest absolute Gasteiger partial charge is 0.222 e. The van der Waals surface area contributed by atoms with Crippen LogP contribution >= 0.6 is 0 Å². The fourth-order valence-electron chi connectivity index (χ4n) is 3.13. The topological polar surface area (TPSA) is 89.9 Å². The number of amides is 1. The summed E-state index contributed by atoms with van der Waals surface area (Å²) in [7, 11) is 0. The van der Waals surface area contributed by atoms with E-state index in [-0.39, 0.29) is 23.4 Å². The van der Waals surface area contributed by atoms with Crippen LogP contribution in [0.15, 0.2) is 0 Å². The third kappa shape index (κ3) is 3.23. The molecular formula is C14H26N6O. The van der Waals surface area contributed by atoms with E-state index < -0.39 is 0 Å². The van der Waals surface area contributed by atoms with Gasteiger partial charge in [-0.1, -0.05) is 0 Å². The standard InChI is InChI=1S/C14H26N6O/c1-9-6-7-11(13(15)21)10(2)19(9)8-12-16-17-18-20(12)14(3,4)5/h9-11H,6-8H2,1-5H3,(H2,15,21). The summed E-state index contributed by atoms with van der Waals surface area (Å²) in [6.45, 7) is 11.1. The third-order valence-electron chi connectivity index (χ3n) is 4.43. The average molecular weight is 294 g/mol. The van der Waals surface area contributed by atoms with E-state index >= 15 is 0 Å². The lowest BCUT2D eigenvalue weighted by molar-refractivity contribution is -0.126. The molecule has 1 amide bonds. The van der Waals surface area contributed by atoms with Crippen molar-refractivity contribution < 1.29 is 4.79 Å². The second-order valence-corrected chi connectivity index (χ2v) is 7.03. The highest BCUT2D eigenvalue weighted by atomic mass is 16.1. The van der Waals surface area contributed by atoms with Gasteiger partial charge in [0.25, 0.3) is 0 Å². The number of piperidine rings is 1. The van der Waals surface area contributed by atoms with Crippen LogP contribution in [0.25, 0.3) is 0 Å². The first kappa shape index (κ1) is 15.9. The largest absolute Gasteiger partial charge is 0.369 e. The Kier molecular flexibility index (Phi) is 4.32. The van der Waals surface area contributed by atoms with Gasteiger partial charge in [-0.25, -0.2) is 4.68 Å². The average Bonchev–Trinajstić information content (AvgIpc) is 2.81. The summed E-state index contributed by atoms with van der Waals surface area (Å²) < 4.78 is 1.85. The van der Waals surface area contributed by atoms with Crippen LogP contribution in [-0.4, -0.2) is 43.1 Å². The molecule has 7 nitrogen and oxygen atoms in total. The summed E-state index contributed by atoms with van der Waals surface area (Å²) in [6.07, 6.45) is 1.83. The summed E-state index contributed by atoms with van der Waals surface area (Å²) in [5.41, 5.74) is 5.36. The van der Waals surface area contributed by atoms with Crippen molar-refractivity contribution in [1.29, 1.82) is 0 Å². The summed E-state index contributed by atoms with van der Waals surface area (Å²) in [6, 6.07) is 0.497. The van der Waals surface area contributed by atoms with Crippen molar-refractivity contribution in [2.75, 3.05) is 0 Å². The molecule has 21 heavy (non-hydrogen) atoms. The van der Waals surface area contributed by atoms with Gasteiger partial charge in [-0.05, 0) is 57.9 Å². The van der Waals surface area contributed by atoms with E-state index in [9.17, 15) is 4.79 Å². The minimum absolute atomic E-state index is 0.0971. The molecule has 0 aliphatic carbocycles. The number of aromatic nitrogens is 4. The number of rotatable bonds is 3. The number of carbonyl (C=O) groups excluding carboxylic acids is 1. The second-order valence-electron chi connectivity index (χ2n) is 7.03. The van der Waals surface area contributed by atoms with Crippen LogP contribution in [0.5, 0.6) is 0 Å². The molecule has 0 aromatic carbocycles. The van der Waals surface area contributed by atoms with Crippen molar-refractivity contribution in [3.63, 3.8) is 0 Å². The van der Waals surface area contributed by atoms with E-state index in [0.717, 1.165) is 18.7 Å². The third-order valence-corrected chi connectivity index (χ3v) is 4.43. The predicted molar refractivity (Wildman–Crippen MR) is 79.2 cm³/mol. The van der Waals surface area contributed by atoms with Gasteiger partial charge in [0.2, 0.25) is 5.91 Å². The highest BCUT2D eigenvalue weighted by Crippen LogP contribution is 2.29. The van der Waals surface area contributed by atoms with Gasteiger partial charge in [-0.15, -0.1) is 5.10 Å². The number of nitrogens with zero attached hydrogens (tertiary/aromatic N) is 5. The van der Waals surface area contributed by atoms with E-state index in [2.05, 4.69) is 55.0 Å². The number of hydrogen-bond donors (Lipinski definition) is 1. The molecule has 1 aliphatic heterocycles. The Morgan fingerprint density at radius 1 is 1.33 bits per heavy atom. The molecule has 0 saturated carbocycles. The number of hydrogen-bond acceptors (Lipinski definition) is 5. The second kappa shape index (κ2) is 5.71. The Balaban J connectivity index is 2.21. The van der Waals surface area contributed by atoms with Crippen LogP contribution in [-0.2, 0) is 16.9 Å². The summed E-state index contributed by atoms with van der Waals surface area (Å²) in [5, 5.41) is 12.1. The first-order chi connectivity index (χ1) is 9.71. The molecule has 1 fully saturated rings. The predicted octanol–water partition coefficient (Wildman–Crippen LogP) is 0.902. The van der Waals surface area contributed by atoms with Crippen molar-refractivity contribution in [3.05, 3.63) is 5.82 Å². The number of tetrazole rings is 1. The Hall–Kier alpha value is -1.50. The molecule has 0 radical (unpaired) electrons. The molecule has 0 bridgehead atoms. The Morgan fingerprint density at radius 3 is 2.57 bits per heavy atom. The van der Waals surface area contributed by atoms with Gasteiger partial charge in [-0.3, -0.25) is 9.69 Å². The molecule has 2 rings (SSSR count). The lowest BCUT2D eigenvalue weighted by Gasteiger charge is -2.42. The number of nitrogens with two attached hydrogens (primary N) is 1. The van der Waals surface area contributed by atoms with Crippen molar-refractivity contribution in [2.24, 2.45) is 11.7 Å². The molecule has 1 saturated heterocycles. The highest BCUT2D eigenvalue weighted by Gasteiger charge is 2.36. The van der Waals surface area contributed by atoms with Gasteiger partial charge in [0.05, 0.1) is 18.0 Å². The maximum Gasteiger partial charge on any atom is 0.222 e.